The number of nitrogens with one attached hydrogen (secondary N) is 1. The minimum Gasteiger partial charge on any atom is -0.512 e. The Morgan fingerprint density at radius 2 is 1.68 bits per heavy atom. The number of esters is 1. The summed E-state index contributed by atoms with van der Waals surface area (Å²) < 4.78 is 73.2. The molecule has 44 heavy (non-hydrogen) atoms. The number of halogens is 3. The number of hydrogen-bond donors (Lipinski definition) is 2. The Kier molecular flexibility index (Phi) is 9.77. The summed E-state index contributed by atoms with van der Waals surface area (Å²) >= 11 is 0. The summed E-state index contributed by atoms with van der Waals surface area (Å²) in [6.07, 6.45) is -0.316. The minimum absolute atomic E-state index is 0.0333. The molecular formula is C33H37F3N2O5S. The summed E-state index contributed by atoms with van der Waals surface area (Å²) in [6, 6.07) is 17.6. The van der Waals surface area contributed by atoms with Crippen LogP contribution in [0.5, 0.6) is 0 Å². The van der Waals surface area contributed by atoms with Crippen LogP contribution in [0.3, 0.4) is 0 Å². The van der Waals surface area contributed by atoms with Gasteiger partial charge in [0, 0.05) is 18.3 Å². The van der Waals surface area contributed by atoms with E-state index in [1.54, 1.807) is 18.2 Å². The van der Waals surface area contributed by atoms with Crippen LogP contribution in [0.1, 0.15) is 69.6 Å². The lowest BCUT2D eigenvalue weighted by molar-refractivity contribution is -0.161. The first-order valence-corrected chi connectivity index (χ1v) is 15.9. The van der Waals surface area contributed by atoms with Crippen LogP contribution in [-0.4, -0.2) is 30.1 Å². The van der Waals surface area contributed by atoms with Gasteiger partial charge >= 0.3 is 12.1 Å². The number of ether oxygens (including phenoxy) is 1. The second-order valence-electron chi connectivity index (χ2n) is 12.1. The van der Waals surface area contributed by atoms with Crippen molar-refractivity contribution in [3.63, 3.8) is 0 Å². The topological polar surface area (TPSA) is 106 Å². The molecule has 1 atom stereocenters. The molecule has 11 heteroatoms. The number of benzene rings is 2. The average molecular weight is 631 g/mol. The Morgan fingerprint density at radius 3 is 2.34 bits per heavy atom. The van der Waals surface area contributed by atoms with E-state index in [0.717, 1.165) is 23.7 Å². The third-order valence-electron chi connectivity index (χ3n) is 7.67. The summed E-state index contributed by atoms with van der Waals surface area (Å²) in [7, 11) is -4.40. The number of aromatic nitrogens is 1. The van der Waals surface area contributed by atoms with Crippen molar-refractivity contribution in [1.29, 1.82) is 0 Å². The van der Waals surface area contributed by atoms with Crippen LogP contribution < -0.4 is 4.72 Å². The van der Waals surface area contributed by atoms with Crippen molar-refractivity contribution in [1.82, 2.24) is 4.98 Å². The molecule has 0 spiro atoms. The van der Waals surface area contributed by atoms with E-state index in [2.05, 4.69) is 9.71 Å². The lowest BCUT2D eigenvalue weighted by Crippen LogP contribution is -2.41. The first-order chi connectivity index (χ1) is 20.6. The highest BCUT2D eigenvalue weighted by molar-refractivity contribution is 7.92. The second-order valence-corrected chi connectivity index (χ2v) is 13.7. The minimum atomic E-state index is -4.72. The van der Waals surface area contributed by atoms with Gasteiger partial charge < -0.3 is 9.84 Å². The number of carbonyl (C=O) groups is 1. The molecule has 1 aromatic heterocycles. The van der Waals surface area contributed by atoms with Crippen LogP contribution in [0.4, 0.5) is 18.9 Å². The molecular weight excluding hydrogens is 593 g/mol. The van der Waals surface area contributed by atoms with Gasteiger partial charge in [0.25, 0.3) is 10.0 Å². The first-order valence-electron chi connectivity index (χ1n) is 14.4. The van der Waals surface area contributed by atoms with Gasteiger partial charge in [0.05, 0.1) is 11.1 Å². The molecule has 2 N–H and O–H groups in total. The van der Waals surface area contributed by atoms with Crippen LogP contribution in [0.25, 0.3) is 0 Å². The molecule has 2 aromatic carbocycles. The first kappa shape index (κ1) is 33.0. The zero-order valence-corrected chi connectivity index (χ0v) is 25.8. The van der Waals surface area contributed by atoms with Crippen LogP contribution >= 0.6 is 0 Å². The maximum absolute atomic E-state index is 13.3. The molecule has 0 aliphatic carbocycles. The fraction of sp³-hybridized carbons (Fsp3) is 0.394. The highest BCUT2D eigenvalue weighted by Crippen LogP contribution is 2.41. The molecule has 0 bridgehead atoms. The van der Waals surface area contributed by atoms with E-state index in [-0.39, 0.29) is 29.9 Å². The predicted molar refractivity (Wildman–Crippen MR) is 161 cm³/mol. The Labute approximate surface area is 256 Å². The highest BCUT2D eigenvalue weighted by atomic mass is 32.2. The van der Waals surface area contributed by atoms with Crippen molar-refractivity contribution in [2.75, 3.05) is 4.72 Å². The number of pyridine rings is 1. The predicted octanol–water partition coefficient (Wildman–Crippen LogP) is 7.79. The average Bonchev–Trinajstić information content (AvgIpc) is 2.94. The maximum atomic E-state index is 13.3. The number of anilines is 1. The van der Waals surface area contributed by atoms with Crippen molar-refractivity contribution in [3.05, 3.63) is 101 Å². The molecule has 0 saturated heterocycles. The number of alkyl halides is 3. The standard InChI is InChI=1S/C33H37F3N2O5S/c1-4-15-32(16-13-23-9-6-5-7-10-23)22-28(39)27(30(40)43-32)21-31(2,3)20-24-11-8-12-26(18-24)38-44(41,42)29-19-25(14-17-37-29)33(34,35)36/h5-12,14,17-19,38-39H,4,13,15-16,20-22H2,1-3H3/t32-/m1/s1. The third-order valence-corrected chi connectivity index (χ3v) is 8.94. The van der Waals surface area contributed by atoms with Gasteiger partial charge in [0.2, 0.25) is 0 Å². The van der Waals surface area contributed by atoms with Gasteiger partial charge in [-0.25, -0.2) is 9.78 Å². The van der Waals surface area contributed by atoms with E-state index in [1.165, 1.54) is 6.07 Å². The Bertz CT molecular complexity index is 1620. The highest BCUT2D eigenvalue weighted by Gasteiger charge is 2.42. The fourth-order valence-electron chi connectivity index (χ4n) is 5.65. The van der Waals surface area contributed by atoms with E-state index in [9.17, 15) is 31.5 Å². The number of aliphatic hydroxyl groups is 1. The fourth-order valence-corrected chi connectivity index (χ4v) is 6.68. The van der Waals surface area contributed by atoms with Crippen molar-refractivity contribution >= 4 is 21.7 Å². The van der Waals surface area contributed by atoms with Gasteiger partial charge in [-0.3, -0.25) is 4.72 Å². The normalized spacial score (nSPS) is 17.8. The van der Waals surface area contributed by atoms with Crippen LogP contribution in [-0.2, 0) is 38.6 Å². The molecule has 0 amide bonds. The molecule has 236 valence electrons. The molecule has 4 rings (SSSR count). The van der Waals surface area contributed by atoms with Gasteiger partial charge in [-0.2, -0.15) is 21.6 Å². The van der Waals surface area contributed by atoms with Crippen molar-refractivity contribution < 1.29 is 36.2 Å². The monoisotopic (exact) mass is 630 g/mol. The Hall–Kier alpha value is -3.86. The van der Waals surface area contributed by atoms with Gasteiger partial charge in [0.15, 0.2) is 5.03 Å². The number of aryl methyl sites for hydroxylation is 1. The molecule has 1 aliphatic heterocycles. The molecule has 1 aliphatic rings. The smallest absolute Gasteiger partial charge is 0.416 e. The van der Waals surface area contributed by atoms with Gasteiger partial charge in [-0.05, 0) is 72.9 Å². The molecule has 3 aromatic rings. The van der Waals surface area contributed by atoms with Crippen molar-refractivity contribution in [3.8, 4) is 0 Å². The lowest BCUT2D eigenvalue weighted by Gasteiger charge is -2.38. The summed E-state index contributed by atoms with van der Waals surface area (Å²) in [5.41, 5.74) is -0.209. The largest absolute Gasteiger partial charge is 0.512 e. The van der Waals surface area contributed by atoms with Crippen LogP contribution in [0.2, 0.25) is 0 Å². The van der Waals surface area contributed by atoms with Gasteiger partial charge in [0.1, 0.15) is 11.4 Å². The molecule has 2 heterocycles. The second kappa shape index (κ2) is 13.0. The number of carbonyl (C=O) groups excluding carboxylic acids is 1. The third kappa shape index (κ3) is 8.40. The van der Waals surface area contributed by atoms with Gasteiger partial charge in [-0.1, -0.05) is 69.7 Å². The summed E-state index contributed by atoms with van der Waals surface area (Å²) in [6.45, 7) is 5.86. The number of cyclic esters (lactones) is 1. The SMILES string of the molecule is CCC[C@@]1(CCc2ccccc2)CC(O)=C(CC(C)(C)Cc2cccc(NS(=O)(=O)c3cc(C(F)(F)F)ccn3)c2)C(=O)O1. The number of aliphatic hydroxyl groups excluding tert-OH is 1. The quantitative estimate of drug-likeness (QED) is 0.198. The van der Waals surface area contributed by atoms with Gasteiger partial charge in [-0.15, -0.1) is 0 Å². The number of nitrogens with zero attached hydrogens (tertiary/aromatic N) is 1. The lowest BCUT2D eigenvalue weighted by atomic mass is 9.77. The van der Waals surface area contributed by atoms with E-state index in [4.69, 9.17) is 4.74 Å². The Balaban J connectivity index is 1.46. The molecule has 7 nitrogen and oxygen atoms in total. The molecule has 0 unspecified atom stereocenters. The molecule has 0 fully saturated rings. The molecule has 0 radical (unpaired) electrons. The summed E-state index contributed by atoms with van der Waals surface area (Å²) in [5.74, 6) is -0.496. The van der Waals surface area contributed by atoms with Crippen LogP contribution in [0.15, 0.2) is 89.3 Å². The van der Waals surface area contributed by atoms with E-state index in [0.29, 0.717) is 37.8 Å². The maximum Gasteiger partial charge on any atom is 0.416 e. The van der Waals surface area contributed by atoms with E-state index >= 15 is 0 Å². The zero-order valence-electron chi connectivity index (χ0n) is 24.9. The van der Waals surface area contributed by atoms with Crippen LogP contribution in [0, 0.1) is 5.41 Å². The molecule has 0 saturated carbocycles. The number of rotatable bonds is 12. The van der Waals surface area contributed by atoms with E-state index in [1.807, 2.05) is 51.1 Å². The summed E-state index contributed by atoms with van der Waals surface area (Å²) in [5, 5.41) is 10.4. The number of hydrogen-bond acceptors (Lipinski definition) is 6. The zero-order chi connectivity index (χ0) is 32.2. The number of sulfonamides is 1. The summed E-state index contributed by atoms with van der Waals surface area (Å²) in [4.78, 5) is 16.9. The van der Waals surface area contributed by atoms with Crippen molar-refractivity contribution in [2.45, 2.75) is 82.5 Å². The Morgan fingerprint density at radius 1 is 0.977 bits per heavy atom. The van der Waals surface area contributed by atoms with Crippen molar-refractivity contribution in [2.24, 2.45) is 5.41 Å². The van der Waals surface area contributed by atoms with E-state index < -0.39 is 43.8 Å².